The van der Waals surface area contributed by atoms with E-state index in [4.69, 9.17) is 0 Å². The van der Waals surface area contributed by atoms with Crippen LogP contribution in [-0.2, 0) is 11.3 Å². The number of amides is 1. The third-order valence-corrected chi connectivity index (χ3v) is 6.19. The van der Waals surface area contributed by atoms with Crippen LogP contribution in [0, 0.1) is 11.8 Å². The molecular formula is C21H29N3O. The molecule has 2 aromatic rings. The number of imidazole rings is 1. The summed E-state index contributed by atoms with van der Waals surface area (Å²) in [5.41, 5.74) is 2.29. The second-order valence-electron chi connectivity index (χ2n) is 7.90. The fourth-order valence-corrected chi connectivity index (χ4v) is 4.58. The van der Waals surface area contributed by atoms with Crippen molar-refractivity contribution in [3.63, 3.8) is 0 Å². The monoisotopic (exact) mass is 339 g/mol. The summed E-state index contributed by atoms with van der Waals surface area (Å²) in [5.74, 6) is 1.85. The fraction of sp³-hybridized carbons (Fsp3) is 0.619. The predicted octanol–water partition coefficient (Wildman–Crippen LogP) is 4.25. The Hall–Kier alpha value is -1.84. The van der Waals surface area contributed by atoms with Gasteiger partial charge in [-0.25, -0.2) is 4.98 Å². The van der Waals surface area contributed by atoms with E-state index in [1.807, 2.05) is 12.4 Å². The van der Waals surface area contributed by atoms with Crippen molar-refractivity contribution in [1.82, 2.24) is 14.5 Å². The average molecular weight is 339 g/mol. The molecule has 2 heterocycles. The van der Waals surface area contributed by atoms with Crippen LogP contribution in [0.3, 0.4) is 0 Å². The average Bonchev–Trinajstić information content (AvgIpc) is 3.31. The summed E-state index contributed by atoms with van der Waals surface area (Å²) in [4.78, 5) is 19.1. The summed E-state index contributed by atoms with van der Waals surface area (Å²) in [6.45, 7) is 2.88. The van der Waals surface area contributed by atoms with Crippen molar-refractivity contribution >= 4 is 16.9 Å². The molecule has 0 unspecified atom stereocenters. The van der Waals surface area contributed by atoms with Crippen LogP contribution in [-0.4, -0.2) is 33.4 Å². The first-order valence-corrected chi connectivity index (χ1v) is 9.97. The SMILES string of the molecule is O=C(CCC1CCCC1)N1CCC(Cn2cnc3ccccc32)CC1. The van der Waals surface area contributed by atoms with Gasteiger partial charge in [0, 0.05) is 26.1 Å². The van der Waals surface area contributed by atoms with E-state index in [9.17, 15) is 4.79 Å². The lowest BCUT2D eigenvalue weighted by Crippen LogP contribution is -2.39. The topological polar surface area (TPSA) is 38.1 Å². The van der Waals surface area contributed by atoms with E-state index >= 15 is 0 Å². The van der Waals surface area contributed by atoms with Gasteiger partial charge in [-0.15, -0.1) is 0 Å². The van der Waals surface area contributed by atoms with Crippen LogP contribution >= 0.6 is 0 Å². The Bertz CT molecular complexity index is 709. The molecule has 1 aliphatic heterocycles. The second kappa shape index (κ2) is 7.59. The molecule has 1 saturated heterocycles. The molecule has 2 aliphatic rings. The molecule has 2 fully saturated rings. The molecule has 25 heavy (non-hydrogen) atoms. The minimum atomic E-state index is 0.387. The number of hydrogen-bond acceptors (Lipinski definition) is 2. The van der Waals surface area contributed by atoms with E-state index in [0.29, 0.717) is 11.8 Å². The maximum Gasteiger partial charge on any atom is 0.222 e. The number of piperidine rings is 1. The smallest absolute Gasteiger partial charge is 0.222 e. The van der Waals surface area contributed by atoms with Crippen LogP contribution in [0.15, 0.2) is 30.6 Å². The van der Waals surface area contributed by atoms with E-state index in [-0.39, 0.29) is 0 Å². The number of carbonyl (C=O) groups is 1. The molecule has 0 N–H and O–H groups in total. The zero-order valence-electron chi connectivity index (χ0n) is 15.1. The van der Waals surface area contributed by atoms with Gasteiger partial charge in [0.25, 0.3) is 0 Å². The zero-order chi connectivity index (χ0) is 17.1. The molecule has 0 spiro atoms. The van der Waals surface area contributed by atoms with Crippen molar-refractivity contribution in [3.05, 3.63) is 30.6 Å². The summed E-state index contributed by atoms with van der Waals surface area (Å²) < 4.78 is 2.28. The van der Waals surface area contributed by atoms with E-state index in [2.05, 4.69) is 32.7 Å². The Morgan fingerprint density at radius 3 is 2.60 bits per heavy atom. The molecule has 0 bridgehead atoms. The normalized spacial score (nSPS) is 19.8. The quantitative estimate of drug-likeness (QED) is 0.817. The van der Waals surface area contributed by atoms with Crippen LogP contribution < -0.4 is 0 Å². The van der Waals surface area contributed by atoms with Crippen molar-refractivity contribution in [2.75, 3.05) is 13.1 Å². The van der Waals surface area contributed by atoms with Crippen LogP contribution in [0.2, 0.25) is 0 Å². The summed E-state index contributed by atoms with van der Waals surface area (Å²) in [5, 5.41) is 0. The number of benzene rings is 1. The minimum absolute atomic E-state index is 0.387. The van der Waals surface area contributed by atoms with Gasteiger partial charge in [0.05, 0.1) is 17.4 Å². The molecule has 4 rings (SSSR count). The highest BCUT2D eigenvalue weighted by Gasteiger charge is 2.24. The first-order valence-electron chi connectivity index (χ1n) is 9.97. The third-order valence-electron chi connectivity index (χ3n) is 6.19. The second-order valence-corrected chi connectivity index (χ2v) is 7.90. The zero-order valence-corrected chi connectivity index (χ0v) is 15.1. The number of likely N-dealkylation sites (tertiary alicyclic amines) is 1. The Morgan fingerprint density at radius 2 is 1.80 bits per heavy atom. The summed E-state index contributed by atoms with van der Waals surface area (Å²) in [6, 6.07) is 8.32. The number of hydrogen-bond donors (Lipinski definition) is 0. The lowest BCUT2D eigenvalue weighted by molar-refractivity contribution is -0.132. The number of fused-ring (bicyclic) bond motifs is 1. The van der Waals surface area contributed by atoms with Crippen LogP contribution in [0.4, 0.5) is 0 Å². The first kappa shape index (κ1) is 16.6. The standard InChI is InChI=1S/C21H29N3O/c25-21(10-9-17-5-1-2-6-17)23-13-11-18(12-14-23)15-24-16-22-19-7-3-4-8-20(19)24/h3-4,7-8,16-18H,1-2,5-6,9-15H2. The largest absolute Gasteiger partial charge is 0.343 e. The third kappa shape index (κ3) is 3.88. The Kier molecular flexibility index (Phi) is 5.04. The molecule has 1 aromatic carbocycles. The van der Waals surface area contributed by atoms with Gasteiger partial charge in [-0.3, -0.25) is 4.79 Å². The molecule has 1 aromatic heterocycles. The Labute approximate surface area is 150 Å². The highest BCUT2D eigenvalue weighted by atomic mass is 16.2. The van der Waals surface area contributed by atoms with Gasteiger partial charge in [-0.05, 0) is 43.2 Å². The number of aromatic nitrogens is 2. The van der Waals surface area contributed by atoms with E-state index in [1.54, 1.807) is 0 Å². The first-order chi connectivity index (χ1) is 12.3. The number of rotatable bonds is 5. The fourth-order valence-electron chi connectivity index (χ4n) is 4.58. The van der Waals surface area contributed by atoms with Gasteiger partial charge in [0.2, 0.25) is 5.91 Å². The van der Waals surface area contributed by atoms with Crippen LogP contribution in [0.1, 0.15) is 51.4 Å². The van der Waals surface area contributed by atoms with Crippen molar-refractivity contribution in [2.45, 2.75) is 57.9 Å². The molecule has 1 amide bonds. The maximum absolute atomic E-state index is 12.5. The molecule has 4 nitrogen and oxygen atoms in total. The molecule has 0 atom stereocenters. The molecular weight excluding hydrogens is 310 g/mol. The lowest BCUT2D eigenvalue weighted by Gasteiger charge is -2.32. The van der Waals surface area contributed by atoms with E-state index < -0.39 is 0 Å². The molecule has 1 aliphatic carbocycles. The van der Waals surface area contributed by atoms with Crippen LogP contribution in [0.25, 0.3) is 11.0 Å². The maximum atomic E-state index is 12.5. The number of nitrogens with zero attached hydrogens (tertiary/aromatic N) is 3. The van der Waals surface area contributed by atoms with Crippen molar-refractivity contribution < 1.29 is 4.79 Å². The van der Waals surface area contributed by atoms with Crippen molar-refractivity contribution in [3.8, 4) is 0 Å². The minimum Gasteiger partial charge on any atom is -0.343 e. The van der Waals surface area contributed by atoms with Gasteiger partial charge in [0.15, 0.2) is 0 Å². The molecule has 134 valence electrons. The number of para-hydroxylation sites is 2. The van der Waals surface area contributed by atoms with Crippen LogP contribution in [0.5, 0.6) is 0 Å². The van der Waals surface area contributed by atoms with Gasteiger partial charge in [0.1, 0.15) is 0 Å². The molecule has 0 radical (unpaired) electrons. The highest BCUT2D eigenvalue weighted by molar-refractivity contribution is 5.76. The van der Waals surface area contributed by atoms with Gasteiger partial charge in [-0.1, -0.05) is 37.8 Å². The van der Waals surface area contributed by atoms with E-state index in [0.717, 1.165) is 56.8 Å². The van der Waals surface area contributed by atoms with E-state index in [1.165, 1.54) is 31.2 Å². The summed E-state index contributed by atoms with van der Waals surface area (Å²) in [6.07, 6.45) is 11.5. The molecule has 1 saturated carbocycles. The van der Waals surface area contributed by atoms with Gasteiger partial charge < -0.3 is 9.47 Å². The highest BCUT2D eigenvalue weighted by Crippen LogP contribution is 2.29. The number of carbonyl (C=O) groups excluding carboxylic acids is 1. The summed E-state index contributed by atoms with van der Waals surface area (Å²) >= 11 is 0. The van der Waals surface area contributed by atoms with Crippen molar-refractivity contribution in [2.24, 2.45) is 11.8 Å². The Morgan fingerprint density at radius 1 is 1.04 bits per heavy atom. The van der Waals surface area contributed by atoms with Crippen molar-refractivity contribution in [1.29, 1.82) is 0 Å². The molecule has 4 heteroatoms. The Balaban J connectivity index is 1.26. The summed E-state index contributed by atoms with van der Waals surface area (Å²) in [7, 11) is 0. The van der Waals surface area contributed by atoms with Gasteiger partial charge in [-0.2, -0.15) is 0 Å². The lowest BCUT2D eigenvalue weighted by atomic mass is 9.95. The van der Waals surface area contributed by atoms with Gasteiger partial charge >= 0.3 is 0 Å². The predicted molar refractivity (Wildman–Crippen MR) is 100 cm³/mol.